The number of phenolic OH excluding ortho intramolecular Hbond substituents is 1. The van der Waals surface area contributed by atoms with Crippen LogP contribution >= 0.6 is 11.6 Å². The van der Waals surface area contributed by atoms with Crippen LogP contribution in [0.25, 0.3) is 0 Å². The van der Waals surface area contributed by atoms with Crippen LogP contribution < -0.4 is 10.6 Å². The number of nitrogens with one attached hydrogen (secondary N) is 2. The molecule has 1 aliphatic rings. The molecule has 0 aromatic heterocycles. The lowest BCUT2D eigenvalue weighted by Gasteiger charge is -2.14. The molecule has 1 aromatic carbocycles. The first-order chi connectivity index (χ1) is 8.08. The molecule has 1 saturated heterocycles. The summed E-state index contributed by atoms with van der Waals surface area (Å²) in [5.41, 5.74) is 0.608. The normalized spacial score (nSPS) is 23.6. The third kappa shape index (κ3) is 2.70. The number of rotatable bonds is 2. The van der Waals surface area contributed by atoms with E-state index in [1.54, 1.807) is 12.1 Å². The van der Waals surface area contributed by atoms with Crippen LogP contribution in [0.3, 0.4) is 0 Å². The highest BCUT2D eigenvalue weighted by atomic mass is 35.5. The molecular weight excluding hydrogens is 240 g/mol. The van der Waals surface area contributed by atoms with E-state index < -0.39 is 0 Å². The molecule has 4 nitrogen and oxygen atoms in total. The van der Waals surface area contributed by atoms with Gasteiger partial charge >= 0.3 is 0 Å². The lowest BCUT2D eigenvalue weighted by molar-refractivity contribution is -0.120. The molecule has 0 spiro atoms. The number of anilines is 1. The van der Waals surface area contributed by atoms with Crippen LogP contribution in [0.2, 0.25) is 5.02 Å². The predicted molar refractivity (Wildman–Crippen MR) is 67.3 cm³/mol. The summed E-state index contributed by atoms with van der Waals surface area (Å²) in [5.74, 6) is 0.329. The van der Waals surface area contributed by atoms with E-state index in [9.17, 15) is 9.90 Å². The largest absolute Gasteiger partial charge is 0.506 e. The molecule has 92 valence electrons. The molecule has 1 heterocycles. The number of benzene rings is 1. The minimum absolute atomic E-state index is 0.00995. The highest BCUT2D eigenvalue weighted by molar-refractivity contribution is 6.32. The van der Waals surface area contributed by atoms with Crippen LogP contribution in [0.1, 0.15) is 6.92 Å². The fourth-order valence-electron chi connectivity index (χ4n) is 1.98. The summed E-state index contributed by atoms with van der Waals surface area (Å²) in [5, 5.41) is 15.5. The lowest BCUT2D eigenvalue weighted by atomic mass is 9.97. The van der Waals surface area contributed by atoms with E-state index in [1.807, 2.05) is 6.92 Å². The number of aromatic hydroxyl groups is 1. The van der Waals surface area contributed by atoms with Gasteiger partial charge in [0.05, 0.1) is 10.9 Å². The maximum atomic E-state index is 12.0. The van der Waals surface area contributed by atoms with Crippen molar-refractivity contribution in [1.82, 2.24) is 5.32 Å². The van der Waals surface area contributed by atoms with Crippen LogP contribution in [0.4, 0.5) is 5.69 Å². The fraction of sp³-hybridized carbons (Fsp3) is 0.417. The van der Waals surface area contributed by atoms with Crippen molar-refractivity contribution in [2.45, 2.75) is 6.92 Å². The van der Waals surface area contributed by atoms with Gasteiger partial charge in [0, 0.05) is 12.2 Å². The second kappa shape index (κ2) is 4.94. The van der Waals surface area contributed by atoms with Gasteiger partial charge in [-0.1, -0.05) is 18.5 Å². The summed E-state index contributed by atoms with van der Waals surface area (Å²) in [4.78, 5) is 12.0. The van der Waals surface area contributed by atoms with Crippen LogP contribution in [0, 0.1) is 11.8 Å². The summed E-state index contributed by atoms with van der Waals surface area (Å²) in [7, 11) is 0. The topological polar surface area (TPSA) is 61.4 Å². The van der Waals surface area contributed by atoms with Crippen molar-refractivity contribution in [3.05, 3.63) is 23.2 Å². The summed E-state index contributed by atoms with van der Waals surface area (Å²) in [6.07, 6.45) is 0. The summed E-state index contributed by atoms with van der Waals surface area (Å²) < 4.78 is 0. The molecule has 3 N–H and O–H groups in total. The first-order valence-corrected chi connectivity index (χ1v) is 5.96. The second-order valence-corrected chi connectivity index (χ2v) is 4.80. The molecule has 1 amide bonds. The van der Waals surface area contributed by atoms with E-state index in [1.165, 1.54) is 6.07 Å². The average Bonchev–Trinajstić information content (AvgIpc) is 2.70. The smallest absolute Gasteiger partial charge is 0.229 e. The lowest BCUT2D eigenvalue weighted by Crippen LogP contribution is -2.27. The Balaban J connectivity index is 2.05. The summed E-state index contributed by atoms with van der Waals surface area (Å²) in [6, 6.07) is 4.64. The summed E-state index contributed by atoms with van der Waals surface area (Å²) in [6.45, 7) is 3.63. The summed E-state index contributed by atoms with van der Waals surface area (Å²) >= 11 is 5.77. The van der Waals surface area contributed by atoms with Crippen molar-refractivity contribution in [1.29, 1.82) is 0 Å². The van der Waals surface area contributed by atoms with Gasteiger partial charge in [-0.05, 0) is 30.7 Å². The van der Waals surface area contributed by atoms with Crippen LogP contribution in [-0.4, -0.2) is 24.1 Å². The predicted octanol–water partition coefficient (Wildman–Crippen LogP) is 1.84. The Hall–Kier alpha value is -1.26. The van der Waals surface area contributed by atoms with Gasteiger partial charge in [0.1, 0.15) is 5.75 Å². The molecule has 2 atom stereocenters. The number of hydrogen-bond donors (Lipinski definition) is 3. The van der Waals surface area contributed by atoms with Gasteiger partial charge in [-0.3, -0.25) is 4.79 Å². The molecule has 1 fully saturated rings. The van der Waals surface area contributed by atoms with Crippen LogP contribution in [-0.2, 0) is 4.79 Å². The number of halogens is 1. The molecule has 1 aliphatic heterocycles. The molecule has 0 bridgehead atoms. The minimum Gasteiger partial charge on any atom is -0.506 e. The van der Waals surface area contributed by atoms with Gasteiger partial charge in [-0.15, -0.1) is 0 Å². The molecule has 17 heavy (non-hydrogen) atoms. The number of hydrogen-bond acceptors (Lipinski definition) is 3. The zero-order valence-corrected chi connectivity index (χ0v) is 10.3. The van der Waals surface area contributed by atoms with Crippen molar-refractivity contribution in [3.8, 4) is 5.75 Å². The highest BCUT2D eigenvalue weighted by Gasteiger charge is 2.29. The van der Waals surface area contributed by atoms with Crippen molar-refractivity contribution in [2.24, 2.45) is 11.8 Å². The maximum Gasteiger partial charge on any atom is 0.229 e. The molecule has 0 unspecified atom stereocenters. The first-order valence-electron chi connectivity index (χ1n) is 5.58. The Morgan fingerprint density at radius 3 is 2.88 bits per heavy atom. The number of carbonyl (C=O) groups excluding carboxylic acids is 1. The minimum atomic E-state index is -0.0115. The van der Waals surface area contributed by atoms with Crippen LogP contribution in [0.15, 0.2) is 18.2 Å². The van der Waals surface area contributed by atoms with E-state index in [-0.39, 0.29) is 22.6 Å². The first kappa shape index (κ1) is 12.2. The third-order valence-electron chi connectivity index (χ3n) is 3.07. The molecule has 0 aliphatic carbocycles. The number of amides is 1. The van der Waals surface area contributed by atoms with Crippen molar-refractivity contribution >= 4 is 23.2 Å². The average molecular weight is 255 g/mol. The van der Waals surface area contributed by atoms with E-state index in [4.69, 9.17) is 11.6 Å². The molecule has 0 radical (unpaired) electrons. The Morgan fingerprint density at radius 1 is 1.53 bits per heavy atom. The monoisotopic (exact) mass is 254 g/mol. The Morgan fingerprint density at radius 2 is 2.29 bits per heavy atom. The molecule has 5 heteroatoms. The number of phenols is 1. The number of carbonyl (C=O) groups is 1. The Kier molecular flexibility index (Phi) is 3.54. The van der Waals surface area contributed by atoms with E-state index in [0.29, 0.717) is 18.2 Å². The van der Waals surface area contributed by atoms with E-state index in [2.05, 4.69) is 10.6 Å². The molecule has 0 saturated carbocycles. The molecular formula is C12H15ClN2O2. The molecule has 2 rings (SSSR count). The molecule has 1 aromatic rings. The standard InChI is InChI=1S/C12H15ClN2O2/c1-7-5-14-6-9(7)12(17)15-8-2-3-11(16)10(13)4-8/h2-4,7,9,14,16H,5-6H2,1H3,(H,15,17)/t7-,9-/m1/s1. The third-order valence-corrected chi connectivity index (χ3v) is 3.37. The zero-order valence-electron chi connectivity index (χ0n) is 9.53. The van der Waals surface area contributed by atoms with Gasteiger partial charge in [0.2, 0.25) is 5.91 Å². The van der Waals surface area contributed by atoms with Gasteiger partial charge < -0.3 is 15.7 Å². The van der Waals surface area contributed by atoms with Crippen LogP contribution in [0.5, 0.6) is 5.75 Å². The fourth-order valence-corrected chi connectivity index (χ4v) is 2.16. The zero-order chi connectivity index (χ0) is 12.4. The second-order valence-electron chi connectivity index (χ2n) is 4.40. The Bertz CT molecular complexity index is 437. The van der Waals surface area contributed by atoms with Crippen molar-refractivity contribution < 1.29 is 9.90 Å². The van der Waals surface area contributed by atoms with E-state index in [0.717, 1.165) is 6.54 Å². The van der Waals surface area contributed by atoms with Gasteiger partial charge in [-0.2, -0.15) is 0 Å². The Labute approximate surface area is 105 Å². The van der Waals surface area contributed by atoms with Crippen molar-refractivity contribution in [2.75, 3.05) is 18.4 Å². The van der Waals surface area contributed by atoms with Crippen molar-refractivity contribution in [3.63, 3.8) is 0 Å². The van der Waals surface area contributed by atoms with E-state index >= 15 is 0 Å². The highest BCUT2D eigenvalue weighted by Crippen LogP contribution is 2.27. The SMILES string of the molecule is C[C@@H]1CNC[C@H]1C(=O)Nc1ccc(O)c(Cl)c1. The quantitative estimate of drug-likeness (QED) is 0.706. The van der Waals surface area contributed by atoms with Gasteiger partial charge in [0.15, 0.2) is 0 Å². The maximum absolute atomic E-state index is 12.0. The van der Waals surface area contributed by atoms with Gasteiger partial charge in [-0.25, -0.2) is 0 Å². The van der Waals surface area contributed by atoms with Gasteiger partial charge in [0.25, 0.3) is 0 Å².